The van der Waals surface area contributed by atoms with E-state index in [9.17, 15) is 9.59 Å². The molecule has 1 aliphatic heterocycles. The van der Waals surface area contributed by atoms with E-state index >= 15 is 0 Å². The van der Waals surface area contributed by atoms with Crippen molar-refractivity contribution in [3.63, 3.8) is 0 Å². The maximum absolute atomic E-state index is 12.8. The topological polar surface area (TPSA) is 75.9 Å². The molecule has 148 valence electrons. The summed E-state index contributed by atoms with van der Waals surface area (Å²) < 4.78 is 3.38. The fourth-order valence-electron chi connectivity index (χ4n) is 4.44. The van der Waals surface area contributed by atoms with Gasteiger partial charge >= 0.3 is 5.69 Å². The quantitative estimate of drug-likeness (QED) is 0.583. The molecule has 1 amide bonds. The number of H-pyrrole nitrogens is 1. The maximum Gasteiger partial charge on any atom is 0.330 e. The molecule has 4 aromatic rings. The van der Waals surface area contributed by atoms with E-state index in [1.807, 2.05) is 41.4 Å². The predicted octanol–water partition coefficient (Wildman–Crippen LogP) is 2.62. The average Bonchev–Trinajstić information content (AvgIpc) is 3.44. The second-order valence-corrected chi connectivity index (χ2v) is 7.70. The highest BCUT2D eigenvalue weighted by atomic mass is 16.2. The summed E-state index contributed by atoms with van der Waals surface area (Å²) in [7, 11) is 1.77. The van der Waals surface area contributed by atoms with Crippen molar-refractivity contribution >= 4 is 28.0 Å². The number of benzene rings is 1. The van der Waals surface area contributed by atoms with Crippen LogP contribution in [0.5, 0.6) is 0 Å². The summed E-state index contributed by atoms with van der Waals surface area (Å²) in [6.07, 6.45) is 5.65. The van der Waals surface area contributed by atoms with Crippen molar-refractivity contribution in [2.75, 3.05) is 13.1 Å². The lowest BCUT2D eigenvalue weighted by Gasteiger charge is -2.17. The smallest absolute Gasteiger partial charge is 0.330 e. The summed E-state index contributed by atoms with van der Waals surface area (Å²) in [6.45, 7) is 1.23. The number of hydrogen-bond acceptors (Lipinski definition) is 3. The monoisotopic (exact) mass is 389 g/mol. The van der Waals surface area contributed by atoms with Gasteiger partial charge in [0.05, 0.1) is 11.6 Å². The largest absolute Gasteiger partial charge is 0.361 e. The Morgan fingerprint density at radius 1 is 1.24 bits per heavy atom. The van der Waals surface area contributed by atoms with Crippen LogP contribution in [0.3, 0.4) is 0 Å². The van der Waals surface area contributed by atoms with Crippen LogP contribution < -0.4 is 5.69 Å². The number of rotatable bonds is 4. The van der Waals surface area contributed by atoms with Crippen LogP contribution in [0.15, 0.2) is 53.6 Å². The fourth-order valence-corrected chi connectivity index (χ4v) is 4.44. The molecule has 1 aliphatic rings. The van der Waals surface area contributed by atoms with Crippen LogP contribution in [0.1, 0.15) is 24.4 Å². The van der Waals surface area contributed by atoms with Crippen LogP contribution in [0.25, 0.3) is 22.1 Å². The summed E-state index contributed by atoms with van der Waals surface area (Å²) in [5.41, 5.74) is 3.70. The molecule has 0 saturated carbocycles. The highest BCUT2D eigenvalue weighted by molar-refractivity contribution is 5.84. The molecule has 1 saturated heterocycles. The Labute approximate surface area is 167 Å². The molecule has 0 bridgehead atoms. The number of likely N-dealkylation sites (tertiary alicyclic amines) is 1. The van der Waals surface area contributed by atoms with Gasteiger partial charge in [-0.25, -0.2) is 9.78 Å². The van der Waals surface area contributed by atoms with E-state index < -0.39 is 0 Å². The Morgan fingerprint density at radius 2 is 2.10 bits per heavy atom. The number of amides is 1. The SMILES string of the molecule is Cn1c(=O)n([C@@H]2CCN(C(=O)CCc3c[nH]c4ccccc34)C2)c2ncccc21. The second kappa shape index (κ2) is 6.92. The molecule has 4 heterocycles. The zero-order valence-electron chi connectivity index (χ0n) is 16.3. The summed E-state index contributed by atoms with van der Waals surface area (Å²) in [4.78, 5) is 35.1. The van der Waals surface area contributed by atoms with Crippen LogP contribution in [0, 0.1) is 0 Å². The van der Waals surface area contributed by atoms with E-state index in [0.29, 0.717) is 31.6 Å². The number of pyridine rings is 1. The highest BCUT2D eigenvalue weighted by Gasteiger charge is 2.30. The first kappa shape index (κ1) is 17.7. The molecule has 0 spiro atoms. The van der Waals surface area contributed by atoms with Gasteiger partial charge in [0.2, 0.25) is 5.91 Å². The number of nitrogens with one attached hydrogen (secondary N) is 1. The van der Waals surface area contributed by atoms with E-state index in [2.05, 4.69) is 16.0 Å². The fraction of sp³-hybridized carbons (Fsp3) is 0.318. The van der Waals surface area contributed by atoms with Gasteiger partial charge < -0.3 is 9.88 Å². The van der Waals surface area contributed by atoms with Gasteiger partial charge in [-0.15, -0.1) is 0 Å². The van der Waals surface area contributed by atoms with Crippen LogP contribution in [0.2, 0.25) is 0 Å². The van der Waals surface area contributed by atoms with E-state index in [1.165, 1.54) is 10.9 Å². The van der Waals surface area contributed by atoms with Gasteiger partial charge in [0.1, 0.15) is 0 Å². The minimum absolute atomic E-state index is 0.0295. The number of aromatic amines is 1. The van der Waals surface area contributed by atoms with Crippen LogP contribution in [-0.2, 0) is 18.3 Å². The first-order valence-corrected chi connectivity index (χ1v) is 9.98. The number of hydrogen-bond donors (Lipinski definition) is 1. The third-order valence-electron chi connectivity index (χ3n) is 6.01. The molecule has 3 aromatic heterocycles. The summed E-state index contributed by atoms with van der Waals surface area (Å²) in [5, 5.41) is 1.17. The minimum atomic E-state index is -0.0724. The lowest BCUT2D eigenvalue weighted by atomic mass is 10.1. The standard InChI is InChI=1S/C22H23N5O2/c1-25-19-7-4-11-23-21(19)27(22(25)29)16-10-12-26(14-16)20(28)9-8-15-13-24-18-6-3-2-5-17(15)18/h2-7,11,13,16,24H,8-10,12,14H2,1H3/t16-/m1/s1. The van der Waals surface area contributed by atoms with E-state index in [4.69, 9.17) is 0 Å². The second-order valence-electron chi connectivity index (χ2n) is 7.70. The molecule has 5 rings (SSSR count). The molecule has 7 nitrogen and oxygen atoms in total. The van der Waals surface area contributed by atoms with Crippen molar-refractivity contribution < 1.29 is 4.79 Å². The first-order chi connectivity index (χ1) is 14.1. The van der Waals surface area contributed by atoms with Gasteiger partial charge in [0.25, 0.3) is 0 Å². The summed E-state index contributed by atoms with van der Waals surface area (Å²) in [6, 6.07) is 11.8. The van der Waals surface area contributed by atoms with E-state index in [1.54, 1.807) is 22.4 Å². The number of carbonyl (C=O) groups is 1. The third kappa shape index (κ3) is 2.93. The van der Waals surface area contributed by atoms with Crippen LogP contribution >= 0.6 is 0 Å². The average molecular weight is 389 g/mol. The van der Waals surface area contributed by atoms with Crippen molar-refractivity contribution in [2.24, 2.45) is 7.05 Å². The lowest BCUT2D eigenvalue weighted by Crippen LogP contribution is -2.32. The normalized spacial score (nSPS) is 16.9. The molecule has 1 fully saturated rings. The number of aryl methyl sites for hydroxylation is 2. The minimum Gasteiger partial charge on any atom is -0.361 e. The number of nitrogens with zero attached hydrogens (tertiary/aromatic N) is 4. The number of para-hydroxylation sites is 1. The molecule has 1 N–H and O–H groups in total. The third-order valence-corrected chi connectivity index (χ3v) is 6.01. The summed E-state index contributed by atoms with van der Waals surface area (Å²) in [5.74, 6) is 0.138. The first-order valence-electron chi connectivity index (χ1n) is 9.98. The molecule has 1 atom stereocenters. The Balaban J connectivity index is 1.30. The molecule has 7 heteroatoms. The Bertz CT molecular complexity index is 1270. The molecule has 0 aliphatic carbocycles. The molecule has 0 radical (unpaired) electrons. The van der Waals surface area contributed by atoms with Crippen molar-refractivity contribution in [1.29, 1.82) is 0 Å². The summed E-state index contributed by atoms with van der Waals surface area (Å²) >= 11 is 0. The molecular formula is C22H23N5O2. The van der Waals surface area contributed by atoms with Gasteiger partial charge in [-0.2, -0.15) is 0 Å². The zero-order chi connectivity index (χ0) is 20.0. The number of fused-ring (bicyclic) bond motifs is 2. The van der Waals surface area contributed by atoms with Gasteiger partial charge in [0.15, 0.2) is 5.65 Å². The molecular weight excluding hydrogens is 366 g/mol. The highest BCUT2D eigenvalue weighted by Crippen LogP contribution is 2.25. The number of aromatic nitrogens is 4. The molecule has 29 heavy (non-hydrogen) atoms. The zero-order valence-corrected chi connectivity index (χ0v) is 16.3. The Kier molecular flexibility index (Phi) is 4.23. The van der Waals surface area contributed by atoms with Gasteiger partial charge in [-0.1, -0.05) is 18.2 Å². The number of carbonyl (C=O) groups excluding carboxylic acids is 1. The predicted molar refractivity (Wildman–Crippen MR) is 112 cm³/mol. The van der Waals surface area contributed by atoms with Crippen molar-refractivity contribution in [2.45, 2.75) is 25.3 Å². The van der Waals surface area contributed by atoms with E-state index in [-0.39, 0.29) is 17.6 Å². The van der Waals surface area contributed by atoms with Crippen LogP contribution in [0.4, 0.5) is 0 Å². The number of imidazole rings is 1. The van der Waals surface area contributed by atoms with E-state index in [0.717, 1.165) is 17.5 Å². The van der Waals surface area contributed by atoms with Crippen molar-refractivity contribution in [1.82, 2.24) is 24.0 Å². The maximum atomic E-state index is 12.8. The molecule has 0 unspecified atom stereocenters. The molecule has 1 aromatic carbocycles. The van der Waals surface area contributed by atoms with Gasteiger partial charge in [-0.3, -0.25) is 13.9 Å². The Morgan fingerprint density at radius 3 is 3.00 bits per heavy atom. The van der Waals surface area contributed by atoms with Gasteiger partial charge in [-0.05, 0) is 36.6 Å². The van der Waals surface area contributed by atoms with Crippen molar-refractivity contribution in [3.8, 4) is 0 Å². The van der Waals surface area contributed by atoms with Crippen molar-refractivity contribution in [3.05, 3.63) is 64.8 Å². The van der Waals surface area contributed by atoms with Gasteiger partial charge in [0, 0.05) is 49.9 Å². The lowest BCUT2D eigenvalue weighted by molar-refractivity contribution is -0.130. The van der Waals surface area contributed by atoms with Crippen LogP contribution in [-0.4, -0.2) is 43.0 Å². The Hall–Kier alpha value is -3.35.